The average molecular weight is 443 g/mol. The third-order valence-corrected chi connectivity index (χ3v) is 9.53. The smallest absolute Gasteiger partial charge is 0.414 e. The molecule has 3 saturated carbocycles. The fourth-order valence-electron chi connectivity index (χ4n) is 8.89. The molecule has 172 valence electrons. The number of ether oxygens (including phenoxy) is 3. The van der Waals surface area contributed by atoms with Gasteiger partial charge in [-0.25, -0.2) is 9.59 Å². The van der Waals surface area contributed by atoms with Gasteiger partial charge < -0.3 is 19.3 Å². The van der Waals surface area contributed by atoms with Crippen molar-refractivity contribution in [1.29, 1.82) is 0 Å². The minimum atomic E-state index is -1.85. The van der Waals surface area contributed by atoms with E-state index in [0.29, 0.717) is 24.3 Å². The Balaban J connectivity index is 1.75. The zero-order valence-corrected chi connectivity index (χ0v) is 18.8. The lowest BCUT2D eigenvalue weighted by atomic mass is 9.37. The maximum absolute atomic E-state index is 13.5. The summed E-state index contributed by atoms with van der Waals surface area (Å²) in [5.41, 5.74) is -2.26. The van der Waals surface area contributed by atoms with Crippen LogP contribution in [0.15, 0.2) is 18.2 Å². The zero-order chi connectivity index (χ0) is 22.5. The third-order valence-electron chi connectivity index (χ3n) is 9.53. The SMILES string of the molecule is COC(=O)N1c2c(OC)cccc2C23CCN4CCCC5(CCC12C(O)(C(=O)OC)C5)C43. The van der Waals surface area contributed by atoms with Crippen molar-refractivity contribution in [2.24, 2.45) is 5.41 Å². The molecule has 3 spiro atoms. The Kier molecular flexibility index (Phi) is 3.91. The molecule has 1 N–H and O–H groups in total. The predicted octanol–water partition coefficient (Wildman–Crippen LogP) is 2.21. The van der Waals surface area contributed by atoms with E-state index in [4.69, 9.17) is 14.2 Å². The Hall–Kier alpha value is -2.32. The van der Waals surface area contributed by atoms with Crippen LogP contribution in [0.1, 0.15) is 44.1 Å². The van der Waals surface area contributed by atoms with E-state index < -0.39 is 28.6 Å². The molecule has 5 fully saturated rings. The Morgan fingerprint density at radius 1 is 1.06 bits per heavy atom. The number of hydrogen-bond donors (Lipinski definition) is 1. The highest BCUT2D eigenvalue weighted by molar-refractivity contribution is 6.00. The number of carbonyl (C=O) groups excluding carboxylic acids is 2. The number of fused-ring (bicyclic) bond motifs is 3. The van der Waals surface area contributed by atoms with Crippen LogP contribution in [0.5, 0.6) is 5.75 Å². The molecule has 5 unspecified atom stereocenters. The Morgan fingerprint density at radius 2 is 1.88 bits per heavy atom. The number of aliphatic hydroxyl groups is 1. The third kappa shape index (κ3) is 1.83. The highest BCUT2D eigenvalue weighted by Gasteiger charge is 2.87. The summed E-state index contributed by atoms with van der Waals surface area (Å²) in [7, 11) is 4.23. The number of anilines is 1. The van der Waals surface area contributed by atoms with Gasteiger partial charge in [-0.2, -0.15) is 0 Å². The number of benzene rings is 1. The highest BCUT2D eigenvalue weighted by Crippen LogP contribution is 2.77. The second-order valence-electron chi connectivity index (χ2n) is 10.2. The molecule has 1 amide bonds. The number of piperidine rings is 1. The van der Waals surface area contributed by atoms with Gasteiger partial charge >= 0.3 is 12.1 Å². The van der Waals surface area contributed by atoms with Crippen molar-refractivity contribution in [1.82, 2.24) is 4.90 Å². The summed E-state index contributed by atoms with van der Waals surface area (Å²) in [6, 6.07) is 5.96. The molecule has 5 atom stereocenters. The molecule has 0 radical (unpaired) electrons. The molecule has 7 rings (SSSR count). The molecule has 3 aliphatic carbocycles. The fourth-order valence-corrected chi connectivity index (χ4v) is 8.89. The van der Waals surface area contributed by atoms with Gasteiger partial charge in [-0.1, -0.05) is 12.1 Å². The minimum Gasteiger partial charge on any atom is -0.495 e. The molecule has 2 saturated heterocycles. The average Bonchev–Trinajstić information content (AvgIpc) is 3.34. The summed E-state index contributed by atoms with van der Waals surface area (Å²) in [6.45, 7) is 1.87. The quantitative estimate of drug-likeness (QED) is 0.703. The summed E-state index contributed by atoms with van der Waals surface area (Å²) < 4.78 is 16.2. The van der Waals surface area contributed by atoms with Crippen molar-refractivity contribution in [2.75, 3.05) is 39.3 Å². The van der Waals surface area contributed by atoms with E-state index in [1.165, 1.54) is 14.2 Å². The van der Waals surface area contributed by atoms with Crippen LogP contribution in [0, 0.1) is 5.41 Å². The van der Waals surface area contributed by atoms with Crippen molar-refractivity contribution in [3.63, 3.8) is 0 Å². The van der Waals surface area contributed by atoms with Gasteiger partial charge in [-0.3, -0.25) is 9.80 Å². The number of para-hydroxylation sites is 1. The number of esters is 1. The Bertz CT molecular complexity index is 1030. The van der Waals surface area contributed by atoms with Crippen molar-refractivity contribution >= 4 is 17.7 Å². The van der Waals surface area contributed by atoms with Gasteiger partial charge in [0, 0.05) is 11.5 Å². The summed E-state index contributed by atoms with van der Waals surface area (Å²) in [6.07, 6.45) is 3.82. The van der Waals surface area contributed by atoms with E-state index in [1.807, 2.05) is 18.2 Å². The van der Waals surface area contributed by atoms with E-state index in [-0.39, 0.29) is 11.5 Å². The molecule has 1 aromatic rings. The lowest BCUT2D eigenvalue weighted by Gasteiger charge is -2.71. The van der Waals surface area contributed by atoms with Gasteiger partial charge in [-0.05, 0) is 68.7 Å². The maximum Gasteiger partial charge on any atom is 0.414 e. The second-order valence-corrected chi connectivity index (χ2v) is 10.2. The summed E-state index contributed by atoms with van der Waals surface area (Å²) in [5, 5.41) is 12.4. The normalized spacial score (nSPS) is 41.0. The van der Waals surface area contributed by atoms with Crippen LogP contribution in [0.2, 0.25) is 0 Å². The molecule has 2 bridgehead atoms. The Labute approximate surface area is 187 Å². The van der Waals surface area contributed by atoms with E-state index >= 15 is 0 Å². The first kappa shape index (κ1) is 20.3. The minimum absolute atomic E-state index is 0.142. The van der Waals surface area contributed by atoms with E-state index in [9.17, 15) is 14.7 Å². The molecule has 8 nitrogen and oxygen atoms in total. The van der Waals surface area contributed by atoms with Crippen molar-refractivity contribution < 1.29 is 28.9 Å². The largest absolute Gasteiger partial charge is 0.495 e. The number of nitrogens with zero attached hydrogens (tertiary/aromatic N) is 2. The lowest BCUT2D eigenvalue weighted by molar-refractivity contribution is -0.227. The van der Waals surface area contributed by atoms with Gasteiger partial charge in [0.1, 0.15) is 11.3 Å². The first-order chi connectivity index (χ1) is 15.4. The van der Waals surface area contributed by atoms with E-state index in [1.54, 1.807) is 12.0 Å². The monoisotopic (exact) mass is 442 g/mol. The van der Waals surface area contributed by atoms with Gasteiger partial charge in [-0.15, -0.1) is 0 Å². The summed E-state index contributed by atoms with van der Waals surface area (Å²) in [4.78, 5) is 31.0. The van der Waals surface area contributed by atoms with E-state index in [0.717, 1.165) is 44.3 Å². The van der Waals surface area contributed by atoms with Crippen LogP contribution in [0.4, 0.5) is 10.5 Å². The molecule has 8 heteroatoms. The first-order valence-electron chi connectivity index (χ1n) is 11.5. The molecule has 0 aromatic heterocycles. The highest BCUT2D eigenvalue weighted by atomic mass is 16.6. The Morgan fingerprint density at radius 3 is 2.59 bits per heavy atom. The number of methoxy groups -OCH3 is 3. The van der Waals surface area contributed by atoms with Gasteiger partial charge in [0.2, 0.25) is 0 Å². The summed E-state index contributed by atoms with van der Waals surface area (Å²) in [5.74, 6) is -0.121. The van der Waals surface area contributed by atoms with Gasteiger partial charge in [0.15, 0.2) is 5.60 Å². The molecule has 6 aliphatic rings. The molecule has 3 aliphatic heterocycles. The van der Waals surface area contributed by atoms with E-state index in [2.05, 4.69) is 4.90 Å². The van der Waals surface area contributed by atoms with Crippen LogP contribution in [0.3, 0.4) is 0 Å². The predicted molar refractivity (Wildman–Crippen MR) is 115 cm³/mol. The van der Waals surface area contributed by atoms with Crippen LogP contribution in [0.25, 0.3) is 0 Å². The van der Waals surface area contributed by atoms with Crippen molar-refractivity contribution in [3.8, 4) is 5.75 Å². The molecule has 1 aromatic carbocycles. The lowest BCUT2D eigenvalue weighted by Crippen LogP contribution is -2.86. The number of rotatable bonds is 2. The van der Waals surface area contributed by atoms with Gasteiger partial charge in [0.25, 0.3) is 0 Å². The molecule has 32 heavy (non-hydrogen) atoms. The van der Waals surface area contributed by atoms with Crippen molar-refractivity contribution in [2.45, 2.75) is 61.1 Å². The first-order valence-corrected chi connectivity index (χ1v) is 11.5. The molecular weight excluding hydrogens is 412 g/mol. The topological polar surface area (TPSA) is 88.5 Å². The zero-order valence-electron chi connectivity index (χ0n) is 18.8. The second kappa shape index (κ2) is 6.17. The van der Waals surface area contributed by atoms with Crippen LogP contribution < -0.4 is 9.64 Å². The number of amides is 1. The van der Waals surface area contributed by atoms with Gasteiger partial charge in [0.05, 0.1) is 27.0 Å². The fraction of sp³-hybridized carbons (Fsp3) is 0.667. The number of carbonyl (C=O) groups is 2. The standard InChI is InChI=1S/C24H30N2O6/c1-30-16-7-4-6-15-17(16)26(20(28)32-3)24-10-9-21(14-23(24,29)19(27)31-2)8-5-12-25-13-11-22(15,24)18(21)25/h4,6-7,18,29H,5,8-14H2,1-3H3. The van der Waals surface area contributed by atoms with Crippen LogP contribution >= 0.6 is 0 Å². The van der Waals surface area contributed by atoms with Crippen LogP contribution in [-0.4, -0.2) is 73.7 Å². The number of hydrogen-bond acceptors (Lipinski definition) is 7. The van der Waals surface area contributed by atoms with Crippen molar-refractivity contribution in [3.05, 3.63) is 23.8 Å². The van der Waals surface area contributed by atoms with Crippen LogP contribution in [-0.2, 0) is 19.7 Å². The molecule has 3 heterocycles. The molecular formula is C24H30N2O6. The summed E-state index contributed by atoms with van der Waals surface area (Å²) >= 11 is 0. The maximum atomic E-state index is 13.5.